The van der Waals surface area contributed by atoms with Gasteiger partial charge in [0, 0.05) is 0 Å². The number of hydrogen-bond acceptors (Lipinski definition) is 7. The summed E-state index contributed by atoms with van der Waals surface area (Å²) in [6.07, 6.45) is 45.0. The molecule has 0 aliphatic rings. The summed E-state index contributed by atoms with van der Waals surface area (Å²) >= 11 is 0. The highest BCUT2D eigenvalue weighted by atomic mass is 32.2. The Bertz CT molecular complexity index is 1210. The number of esters is 1. The first-order chi connectivity index (χ1) is 30.3. The van der Waals surface area contributed by atoms with Crippen LogP contribution in [0.3, 0.4) is 0 Å². The zero-order chi connectivity index (χ0) is 45.0. The van der Waals surface area contributed by atoms with Crippen molar-refractivity contribution in [1.29, 1.82) is 0 Å². The summed E-state index contributed by atoms with van der Waals surface area (Å²) in [5, 5.41) is 0. The van der Waals surface area contributed by atoms with Gasteiger partial charge in [-0.25, -0.2) is 4.79 Å². The van der Waals surface area contributed by atoms with Gasteiger partial charge in [-0.15, -0.1) is 0 Å². The van der Waals surface area contributed by atoms with Gasteiger partial charge in [0.1, 0.15) is 0 Å². The Morgan fingerprint density at radius 3 is 1.00 bits per heavy atom. The summed E-state index contributed by atoms with van der Waals surface area (Å²) in [5.41, 5.74) is 0.442. The topological polar surface area (TPSA) is 108 Å². The summed E-state index contributed by atoms with van der Waals surface area (Å²) in [4.78, 5) is 13.5. The number of unbranched alkanes of at least 4 members (excludes halogenated alkanes) is 34. The zero-order valence-electron chi connectivity index (χ0n) is 40.8. The lowest BCUT2D eigenvalue weighted by Crippen LogP contribution is -2.11. The van der Waals surface area contributed by atoms with Gasteiger partial charge in [-0.3, -0.25) is 4.55 Å². The largest absolute Gasteiger partial charge is 0.490 e. The minimum Gasteiger partial charge on any atom is -0.490 e. The molecule has 0 saturated heterocycles. The van der Waals surface area contributed by atoms with Gasteiger partial charge in [-0.05, 0) is 44.2 Å². The molecule has 9 heteroatoms. The molecule has 0 aliphatic heterocycles. The molecule has 0 unspecified atom stereocenters. The Labute approximate surface area is 383 Å². The van der Waals surface area contributed by atoms with E-state index in [-0.39, 0.29) is 11.7 Å². The van der Waals surface area contributed by atoms with Gasteiger partial charge < -0.3 is 18.9 Å². The zero-order valence-corrected chi connectivity index (χ0v) is 41.6. The maximum Gasteiger partial charge on any atom is 0.338 e. The standard InChI is InChI=1S/C53H98O8S/c1-4-7-10-13-16-19-22-27-32-37-42-58-50-47-49(53(54)61-45-40-35-30-25-26-31-36-41-46-62(55,56)57)48-51(59-43-38-33-28-23-20-17-14-11-8-5-2)52(50)60-44-39-34-29-24-21-18-15-12-9-6-3/h47-48H,4-46H2,1-3H3,(H,55,56,57). The lowest BCUT2D eigenvalue weighted by Gasteiger charge is -2.19. The summed E-state index contributed by atoms with van der Waals surface area (Å²) in [7, 11) is -3.86. The van der Waals surface area contributed by atoms with Crippen LogP contribution < -0.4 is 14.2 Å². The molecule has 0 saturated carbocycles. The van der Waals surface area contributed by atoms with Gasteiger partial charge in [0.2, 0.25) is 5.75 Å². The van der Waals surface area contributed by atoms with E-state index in [2.05, 4.69) is 20.8 Å². The Kier molecular flexibility index (Phi) is 40.2. The molecule has 1 aromatic rings. The van der Waals surface area contributed by atoms with E-state index in [4.69, 9.17) is 23.5 Å². The van der Waals surface area contributed by atoms with Crippen LogP contribution >= 0.6 is 0 Å². The van der Waals surface area contributed by atoms with Gasteiger partial charge in [-0.1, -0.05) is 233 Å². The number of rotatable bonds is 48. The van der Waals surface area contributed by atoms with Crippen LogP contribution in [0.4, 0.5) is 0 Å². The molecule has 1 aromatic carbocycles. The van der Waals surface area contributed by atoms with Crippen LogP contribution in [0.25, 0.3) is 0 Å². The highest BCUT2D eigenvalue weighted by Crippen LogP contribution is 2.40. The molecule has 0 bridgehead atoms. The second-order valence-corrected chi connectivity index (χ2v) is 19.7. The van der Waals surface area contributed by atoms with Crippen molar-refractivity contribution < 1.29 is 36.7 Å². The molecule has 8 nitrogen and oxygen atoms in total. The first kappa shape index (κ1) is 58.0. The number of ether oxygens (including phenoxy) is 4. The number of hydrogen-bond donors (Lipinski definition) is 1. The third-order valence-corrected chi connectivity index (χ3v) is 12.8. The molecule has 0 radical (unpaired) electrons. The molecule has 0 aliphatic carbocycles. The van der Waals surface area contributed by atoms with E-state index in [9.17, 15) is 13.2 Å². The molecular weight excluding hydrogens is 797 g/mol. The smallest absolute Gasteiger partial charge is 0.338 e. The van der Waals surface area contributed by atoms with E-state index >= 15 is 0 Å². The van der Waals surface area contributed by atoms with E-state index in [1.54, 1.807) is 0 Å². The van der Waals surface area contributed by atoms with Crippen molar-refractivity contribution in [3.63, 3.8) is 0 Å². The molecule has 364 valence electrons. The minimum atomic E-state index is -3.86. The van der Waals surface area contributed by atoms with Crippen molar-refractivity contribution in [3.8, 4) is 17.2 Å². The van der Waals surface area contributed by atoms with E-state index in [0.717, 1.165) is 83.5 Å². The molecule has 0 heterocycles. The fraction of sp³-hybridized carbons (Fsp3) is 0.868. The normalized spacial score (nSPS) is 11.6. The SMILES string of the molecule is CCCCCCCCCCCCOc1cc(C(=O)OCCCCCCCCCCS(=O)(=O)O)cc(OCCCCCCCCCCCC)c1OCCCCCCCCCCCC. The van der Waals surface area contributed by atoms with Crippen molar-refractivity contribution in [1.82, 2.24) is 0 Å². The first-order valence-electron chi connectivity index (χ1n) is 26.5. The van der Waals surface area contributed by atoms with Gasteiger partial charge in [0.25, 0.3) is 10.1 Å². The predicted molar refractivity (Wildman–Crippen MR) is 262 cm³/mol. The van der Waals surface area contributed by atoms with Crippen molar-refractivity contribution in [2.45, 2.75) is 265 Å². The summed E-state index contributed by atoms with van der Waals surface area (Å²) in [5.74, 6) is 1.26. The van der Waals surface area contributed by atoms with Gasteiger partial charge in [0.15, 0.2) is 11.5 Å². The summed E-state index contributed by atoms with van der Waals surface area (Å²) in [6.45, 7) is 8.90. The lowest BCUT2D eigenvalue weighted by molar-refractivity contribution is 0.0496. The van der Waals surface area contributed by atoms with Crippen LogP contribution in [0.2, 0.25) is 0 Å². The molecular formula is C53H98O8S. The Balaban J connectivity index is 2.86. The maximum absolute atomic E-state index is 13.5. The predicted octanol–water partition coefficient (Wildman–Crippen LogP) is 16.8. The molecule has 0 fully saturated rings. The molecule has 1 rings (SSSR count). The second-order valence-electron chi connectivity index (χ2n) is 18.1. The molecule has 0 aromatic heterocycles. The van der Waals surface area contributed by atoms with Crippen molar-refractivity contribution in [2.75, 3.05) is 32.2 Å². The fourth-order valence-corrected chi connectivity index (χ4v) is 8.62. The second kappa shape index (κ2) is 42.9. The van der Waals surface area contributed by atoms with E-state index in [0.29, 0.717) is 55.7 Å². The van der Waals surface area contributed by atoms with Gasteiger partial charge in [0.05, 0.1) is 37.7 Å². The third-order valence-electron chi connectivity index (χ3n) is 12.0. The van der Waals surface area contributed by atoms with Crippen LogP contribution in [0.1, 0.15) is 275 Å². The van der Waals surface area contributed by atoms with Gasteiger partial charge >= 0.3 is 5.97 Å². The molecule has 1 N–H and O–H groups in total. The number of benzene rings is 1. The number of carbonyl (C=O) groups excluding carboxylic acids is 1. The average Bonchev–Trinajstić information content (AvgIpc) is 3.25. The summed E-state index contributed by atoms with van der Waals surface area (Å²) in [6, 6.07) is 3.61. The van der Waals surface area contributed by atoms with Crippen LogP contribution in [0, 0.1) is 0 Å². The Hall–Kier alpha value is -2.00. The minimum absolute atomic E-state index is 0.159. The highest BCUT2D eigenvalue weighted by Gasteiger charge is 2.20. The fourth-order valence-electron chi connectivity index (χ4n) is 8.05. The molecule has 0 amide bonds. The third kappa shape index (κ3) is 36.4. The van der Waals surface area contributed by atoms with Crippen LogP contribution in [0.15, 0.2) is 12.1 Å². The Morgan fingerprint density at radius 1 is 0.403 bits per heavy atom. The maximum atomic E-state index is 13.5. The average molecular weight is 895 g/mol. The van der Waals surface area contributed by atoms with Crippen molar-refractivity contribution in [3.05, 3.63) is 17.7 Å². The Morgan fingerprint density at radius 2 is 0.677 bits per heavy atom. The molecule has 0 spiro atoms. The lowest BCUT2D eigenvalue weighted by atomic mass is 10.1. The van der Waals surface area contributed by atoms with Crippen LogP contribution in [-0.2, 0) is 14.9 Å². The quantitative estimate of drug-likeness (QED) is 0.0391. The molecule has 0 atom stereocenters. The molecule has 62 heavy (non-hydrogen) atoms. The van der Waals surface area contributed by atoms with Gasteiger partial charge in [-0.2, -0.15) is 8.42 Å². The van der Waals surface area contributed by atoms with E-state index in [1.165, 1.54) is 154 Å². The number of carbonyl (C=O) groups is 1. The summed E-state index contributed by atoms with van der Waals surface area (Å²) < 4.78 is 55.9. The van der Waals surface area contributed by atoms with Crippen molar-refractivity contribution >= 4 is 16.1 Å². The van der Waals surface area contributed by atoms with Crippen LogP contribution in [-0.4, -0.2) is 51.1 Å². The highest BCUT2D eigenvalue weighted by molar-refractivity contribution is 7.85. The first-order valence-corrected chi connectivity index (χ1v) is 28.1. The van der Waals surface area contributed by atoms with Crippen molar-refractivity contribution in [2.24, 2.45) is 0 Å². The van der Waals surface area contributed by atoms with E-state index in [1.807, 2.05) is 12.1 Å². The monoisotopic (exact) mass is 895 g/mol. The van der Waals surface area contributed by atoms with E-state index < -0.39 is 10.1 Å². The van der Waals surface area contributed by atoms with Crippen LogP contribution in [0.5, 0.6) is 17.2 Å².